The van der Waals surface area contributed by atoms with Crippen molar-refractivity contribution in [2.75, 3.05) is 0 Å². The smallest absolute Gasteiger partial charge is 1.00 e. The molecule has 0 amide bonds. The van der Waals surface area contributed by atoms with Gasteiger partial charge in [-0.2, -0.15) is 0 Å². The maximum Gasteiger partial charge on any atom is 2.00 e. The molecule has 0 unspecified atom stereocenters. The Hall–Kier alpha value is -0.120. The zero-order valence-electron chi connectivity index (χ0n) is 7.75. The van der Waals surface area contributed by atoms with Crippen LogP contribution in [0.1, 0.15) is 13.2 Å². The summed E-state index contributed by atoms with van der Waals surface area (Å²) in [6.45, 7) is 0. The molecule has 0 heterocycles. The van der Waals surface area contributed by atoms with Crippen LogP contribution in [-0.4, -0.2) is 48.8 Å². The van der Waals surface area contributed by atoms with Crippen molar-refractivity contribution < 1.29 is 17.1 Å². The summed E-state index contributed by atoms with van der Waals surface area (Å²) in [5.74, 6) is -1.47. The monoisotopic (exact) mass is 182 g/mol. The molecule has 0 aliphatic carbocycles. The van der Waals surface area contributed by atoms with Gasteiger partial charge in [0.1, 0.15) is 5.82 Å². The third-order valence-electron chi connectivity index (χ3n) is 1.09. The maximum atomic E-state index is 12.2. The van der Waals surface area contributed by atoms with Crippen molar-refractivity contribution >= 4 is 43.7 Å². The zero-order valence-corrected chi connectivity index (χ0v) is 7.96. The van der Waals surface area contributed by atoms with Gasteiger partial charge < -0.3 is 7.96 Å². The van der Waals surface area contributed by atoms with Crippen molar-refractivity contribution in [1.29, 1.82) is 0 Å². The summed E-state index contributed by atoms with van der Waals surface area (Å²) in [4.78, 5) is 10.2. The average molecular weight is 182 g/mol. The van der Waals surface area contributed by atoms with Crippen LogP contribution < -0.4 is 0 Å². The fraction of sp³-hybridized carbons (Fsp3) is 0. The van der Waals surface area contributed by atoms with Crippen molar-refractivity contribution in [3.63, 3.8) is 0 Å². The number of carboxylic acids is 1. The van der Waals surface area contributed by atoms with E-state index in [4.69, 9.17) is 5.11 Å². The van der Waals surface area contributed by atoms with E-state index < -0.39 is 11.8 Å². The van der Waals surface area contributed by atoms with Crippen LogP contribution in [-0.2, 0) is 0 Å². The molecule has 1 rings (SSSR count). The molecule has 4 heteroatoms. The van der Waals surface area contributed by atoms with Gasteiger partial charge in [-0.15, -0.1) is 0 Å². The number of hydrogen-bond donors (Lipinski definition) is 1. The van der Waals surface area contributed by atoms with Gasteiger partial charge in [-0.25, -0.2) is 9.18 Å². The van der Waals surface area contributed by atoms with Gasteiger partial charge in [-0.05, 0) is 24.3 Å². The molecule has 2 nitrogen and oxygen atoms in total. The molecule has 11 heavy (non-hydrogen) atoms. The van der Waals surface area contributed by atoms with E-state index in [0.717, 1.165) is 12.1 Å². The predicted molar refractivity (Wildman–Crippen MR) is 41.3 cm³/mol. The van der Waals surface area contributed by atoms with Gasteiger partial charge in [0.05, 0.1) is 5.56 Å². The Morgan fingerprint density at radius 3 is 2.18 bits per heavy atom. The topological polar surface area (TPSA) is 37.3 Å². The molecule has 0 aliphatic heterocycles. The summed E-state index contributed by atoms with van der Waals surface area (Å²) in [5, 5.41) is 8.35. The van der Waals surface area contributed by atoms with Gasteiger partial charge in [0.2, 0.25) is 0 Å². The van der Waals surface area contributed by atoms with E-state index in [2.05, 4.69) is 0 Å². The van der Waals surface area contributed by atoms with Crippen molar-refractivity contribution in [1.82, 2.24) is 0 Å². The van der Waals surface area contributed by atoms with Crippen LogP contribution in [0.2, 0.25) is 0 Å². The molecule has 0 atom stereocenters. The Morgan fingerprint density at radius 1 is 1.36 bits per heavy atom. The van der Waals surface area contributed by atoms with Gasteiger partial charge in [-0.1, -0.05) is 0 Å². The first-order chi connectivity index (χ1) is 4.70. The maximum absolute atomic E-state index is 12.2. The molecule has 0 spiro atoms. The molecule has 0 aromatic heterocycles. The third-order valence-corrected chi connectivity index (χ3v) is 1.09. The molecule has 0 fully saturated rings. The Balaban J connectivity index is -0.000000333. The van der Waals surface area contributed by atoms with Crippen LogP contribution in [0, 0.1) is 5.82 Å². The minimum Gasteiger partial charge on any atom is -1.00 e. The van der Waals surface area contributed by atoms with E-state index in [9.17, 15) is 9.18 Å². The Bertz CT molecular complexity index is 253. The SMILES string of the molecule is O=C(O)c1ccc(F)cc1.[Ca+2].[H-].[H-]. The summed E-state index contributed by atoms with van der Waals surface area (Å²) in [7, 11) is 0. The normalized spacial score (nSPS) is 8.45. The Kier molecular flexibility index (Phi) is 4.64. The molecule has 0 saturated heterocycles. The largest absolute Gasteiger partial charge is 2.00 e. The molecule has 0 saturated carbocycles. The molecule has 1 N–H and O–H groups in total. The minimum atomic E-state index is -1.04. The van der Waals surface area contributed by atoms with E-state index >= 15 is 0 Å². The summed E-state index contributed by atoms with van der Waals surface area (Å²) in [6.07, 6.45) is 0. The predicted octanol–water partition coefficient (Wildman–Crippen LogP) is 1.37. The number of carbonyl (C=O) groups is 1. The average Bonchev–Trinajstić information content (AvgIpc) is 1.88. The molecule has 0 bridgehead atoms. The van der Waals surface area contributed by atoms with E-state index in [1.165, 1.54) is 12.1 Å². The second kappa shape index (κ2) is 4.70. The molecule has 0 aliphatic rings. The first kappa shape index (κ1) is 10.9. The third kappa shape index (κ3) is 3.18. The number of benzene rings is 1. The molecule has 1 aromatic carbocycles. The molecule has 0 radical (unpaired) electrons. The van der Waals surface area contributed by atoms with Gasteiger partial charge in [0.25, 0.3) is 0 Å². The first-order valence-corrected chi connectivity index (χ1v) is 2.69. The second-order valence-corrected chi connectivity index (χ2v) is 1.81. The zero-order chi connectivity index (χ0) is 7.56. The fourth-order valence-electron chi connectivity index (χ4n) is 0.592. The Morgan fingerprint density at radius 2 is 1.82 bits per heavy atom. The van der Waals surface area contributed by atoms with E-state index in [1.54, 1.807) is 0 Å². The first-order valence-electron chi connectivity index (χ1n) is 2.69. The summed E-state index contributed by atoms with van der Waals surface area (Å²) < 4.78 is 12.2. The van der Waals surface area contributed by atoms with Crippen LogP contribution in [0.5, 0.6) is 0 Å². The van der Waals surface area contributed by atoms with Crippen molar-refractivity contribution in [2.24, 2.45) is 0 Å². The fourth-order valence-corrected chi connectivity index (χ4v) is 0.592. The molecular weight excluding hydrogens is 175 g/mol. The van der Waals surface area contributed by atoms with Crippen molar-refractivity contribution in [3.8, 4) is 0 Å². The van der Waals surface area contributed by atoms with Gasteiger partial charge in [0.15, 0.2) is 0 Å². The Labute approximate surface area is 96.0 Å². The number of hydrogen-bond acceptors (Lipinski definition) is 1. The van der Waals surface area contributed by atoms with Crippen LogP contribution in [0.15, 0.2) is 24.3 Å². The standard InChI is InChI=1S/C7H5FO2.Ca.2H/c8-6-3-1-5(2-4-6)7(9)10;;;/h1-4H,(H,9,10);;;/q;+2;2*-1. The number of rotatable bonds is 1. The quantitative estimate of drug-likeness (QED) is 0.666. The number of carboxylic acid groups (broad SMARTS) is 1. The van der Waals surface area contributed by atoms with Crippen LogP contribution in [0.25, 0.3) is 0 Å². The van der Waals surface area contributed by atoms with Crippen molar-refractivity contribution in [3.05, 3.63) is 35.6 Å². The van der Waals surface area contributed by atoms with Crippen LogP contribution in [0.4, 0.5) is 4.39 Å². The van der Waals surface area contributed by atoms with E-state index in [0.29, 0.717) is 0 Å². The second-order valence-electron chi connectivity index (χ2n) is 1.81. The molecule has 56 valence electrons. The minimum absolute atomic E-state index is 0. The van der Waals surface area contributed by atoms with Gasteiger partial charge >= 0.3 is 43.7 Å². The summed E-state index contributed by atoms with van der Waals surface area (Å²) in [5.41, 5.74) is 0.0985. The molecule has 1 aromatic rings. The number of halogens is 1. The van der Waals surface area contributed by atoms with Gasteiger partial charge in [0, 0.05) is 0 Å². The number of aromatic carboxylic acids is 1. The summed E-state index contributed by atoms with van der Waals surface area (Å²) in [6, 6.07) is 4.67. The van der Waals surface area contributed by atoms with E-state index in [1.807, 2.05) is 0 Å². The summed E-state index contributed by atoms with van der Waals surface area (Å²) >= 11 is 0. The van der Waals surface area contributed by atoms with E-state index in [-0.39, 0.29) is 46.2 Å². The van der Waals surface area contributed by atoms with Gasteiger partial charge in [-0.3, -0.25) is 0 Å². The van der Waals surface area contributed by atoms with Crippen molar-refractivity contribution in [2.45, 2.75) is 0 Å². The van der Waals surface area contributed by atoms with Crippen LogP contribution in [0.3, 0.4) is 0 Å². The van der Waals surface area contributed by atoms with Crippen LogP contribution >= 0.6 is 0 Å². The molecular formula is C7H7CaFO2.